The largest absolute Gasteiger partial charge is 0.382 e. The number of benzene rings is 1. The van der Waals surface area contributed by atoms with Gasteiger partial charge < -0.3 is 10.2 Å². The third-order valence-electron chi connectivity index (χ3n) is 4.22. The number of nitrogens with one attached hydrogen (secondary N) is 1. The molecule has 0 radical (unpaired) electrons. The second-order valence-electron chi connectivity index (χ2n) is 5.82. The third-order valence-corrected chi connectivity index (χ3v) is 4.22. The van der Waals surface area contributed by atoms with E-state index in [1.54, 1.807) is 12.1 Å². The number of hydrogen-bond acceptors (Lipinski definition) is 4. The van der Waals surface area contributed by atoms with Crippen LogP contribution in [0.2, 0.25) is 0 Å². The topological polar surface area (TPSA) is 58.4 Å². The molecule has 1 unspecified atom stereocenters. The monoisotopic (exact) mass is 291 g/mol. The molecule has 116 valence electrons. The molecule has 1 heterocycles. The summed E-state index contributed by atoms with van der Waals surface area (Å²) in [6.07, 6.45) is 4.61. The number of anilines is 1. The van der Waals surface area contributed by atoms with E-state index in [4.69, 9.17) is 0 Å². The van der Waals surface area contributed by atoms with Crippen LogP contribution in [0.25, 0.3) is 0 Å². The molecule has 1 aliphatic rings. The molecule has 0 spiro atoms. The highest BCUT2D eigenvalue weighted by atomic mass is 16.6. The summed E-state index contributed by atoms with van der Waals surface area (Å²) in [5, 5.41) is 14.5. The van der Waals surface area contributed by atoms with Crippen LogP contribution in [0.1, 0.15) is 38.2 Å². The maximum atomic E-state index is 11.0. The van der Waals surface area contributed by atoms with Crippen LogP contribution >= 0.6 is 0 Å². The minimum Gasteiger partial charge on any atom is -0.382 e. The smallest absolute Gasteiger partial charge is 0.274 e. The van der Waals surface area contributed by atoms with Crippen molar-refractivity contribution in [1.29, 1.82) is 0 Å². The third kappa shape index (κ3) is 4.17. The van der Waals surface area contributed by atoms with Gasteiger partial charge in [0, 0.05) is 29.9 Å². The Kier molecular flexibility index (Phi) is 5.56. The van der Waals surface area contributed by atoms with Gasteiger partial charge >= 0.3 is 0 Å². The summed E-state index contributed by atoms with van der Waals surface area (Å²) >= 11 is 0. The molecule has 5 nitrogen and oxygen atoms in total. The van der Waals surface area contributed by atoms with Gasteiger partial charge in [-0.25, -0.2) is 0 Å². The molecule has 21 heavy (non-hydrogen) atoms. The van der Waals surface area contributed by atoms with E-state index in [1.165, 1.54) is 25.9 Å². The van der Waals surface area contributed by atoms with Crippen LogP contribution in [-0.4, -0.2) is 35.5 Å². The van der Waals surface area contributed by atoms with E-state index in [0.29, 0.717) is 6.04 Å². The maximum absolute atomic E-state index is 11.0. The van der Waals surface area contributed by atoms with Gasteiger partial charge in [0.15, 0.2) is 0 Å². The summed E-state index contributed by atoms with van der Waals surface area (Å²) < 4.78 is 0. The van der Waals surface area contributed by atoms with E-state index in [2.05, 4.69) is 17.1 Å². The van der Waals surface area contributed by atoms with Crippen molar-refractivity contribution in [2.24, 2.45) is 0 Å². The highest BCUT2D eigenvalue weighted by Crippen LogP contribution is 2.27. The molecule has 0 bridgehead atoms. The van der Waals surface area contributed by atoms with Crippen LogP contribution in [0.4, 0.5) is 11.4 Å². The molecule has 0 saturated carbocycles. The Hall–Kier alpha value is -1.62. The lowest BCUT2D eigenvalue weighted by molar-refractivity contribution is -0.385. The Labute approximate surface area is 126 Å². The van der Waals surface area contributed by atoms with Crippen LogP contribution < -0.4 is 5.32 Å². The van der Waals surface area contributed by atoms with Crippen LogP contribution in [0, 0.1) is 17.0 Å². The number of nitro groups is 1. The fourth-order valence-corrected chi connectivity index (χ4v) is 3.04. The Morgan fingerprint density at radius 1 is 1.38 bits per heavy atom. The Balaban J connectivity index is 2.02. The lowest BCUT2D eigenvalue weighted by Gasteiger charge is -2.20. The van der Waals surface area contributed by atoms with Gasteiger partial charge in [-0.05, 0) is 51.8 Å². The van der Waals surface area contributed by atoms with Crippen molar-refractivity contribution < 1.29 is 4.92 Å². The average molecular weight is 291 g/mol. The number of nitro benzene ring substituents is 1. The fraction of sp³-hybridized carbons (Fsp3) is 0.625. The second-order valence-corrected chi connectivity index (χ2v) is 5.82. The van der Waals surface area contributed by atoms with Gasteiger partial charge in [0.1, 0.15) is 0 Å². The first kappa shape index (κ1) is 15.8. The SMILES string of the molecule is CCCN1CCCC(Nc2cccc([N+](=O)[O-])c2C)CC1. The summed E-state index contributed by atoms with van der Waals surface area (Å²) in [4.78, 5) is 13.2. The molecular formula is C16H25N3O2. The van der Waals surface area contributed by atoms with Crippen LogP contribution in [0.3, 0.4) is 0 Å². The Morgan fingerprint density at radius 3 is 2.90 bits per heavy atom. The van der Waals surface area contributed by atoms with Gasteiger partial charge in [-0.3, -0.25) is 10.1 Å². The molecule has 1 fully saturated rings. The number of nitrogens with zero attached hydrogens (tertiary/aromatic N) is 2. The first-order valence-electron chi connectivity index (χ1n) is 7.84. The van der Waals surface area contributed by atoms with E-state index in [-0.39, 0.29) is 10.6 Å². The summed E-state index contributed by atoms with van der Waals surface area (Å²) in [6.45, 7) is 7.48. The molecule has 1 atom stereocenters. The molecule has 1 N–H and O–H groups in total. The molecular weight excluding hydrogens is 266 g/mol. The summed E-state index contributed by atoms with van der Waals surface area (Å²) in [5.74, 6) is 0. The number of rotatable bonds is 5. The van der Waals surface area contributed by atoms with Gasteiger partial charge in [-0.1, -0.05) is 13.0 Å². The Morgan fingerprint density at radius 2 is 2.19 bits per heavy atom. The van der Waals surface area contributed by atoms with Crippen molar-refractivity contribution in [1.82, 2.24) is 4.90 Å². The number of hydrogen-bond donors (Lipinski definition) is 1. The average Bonchev–Trinajstić information content (AvgIpc) is 2.67. The zero-order valence-electron chi connectivity index (χ0n) is 13.0. The molecule has 0 aliphatic carbocycles. The van der Waals surface area contributed by atoms with Crippen molar-refractivity contribution in [2.45, 2.75) is 45.6 Å². The van der Waals surface area contributed by atoms with Gasteiger partial charge in [-0.15, -0.1) is 0 Å². The predicted molar refractivity (Wildman–Crippen MR) is 85.8 cm³/mol. The van der Waals surface area contributed by atoms with Crippen LogP contribution in [-0.2, 0) is 0 Å². The van der Waals surface area contributed by atoms with Gasteiger partial charge in [0.2, 0.25) is 0 Å². The zero-order chi connectivity index (χ0) is 15.2. The molecule has 1 saturated heterocycles. The quantitative estimate of drug-likeness (QED) is 0.665. The van der Waals surface area contributed by atoms with Gasteiger partial charge in [0.05, 0.1) is 4.92 Å². The fourth-order valence-electron chi connectivity index (χ4n) is 3.04. The van der Waals surface area contributed by atoms with Crippen molar-refractivity contribution in [3.8, 4) is 0 Å². The van der Waals surface area contributed by atoms with Crippen molar-refractivity contribution in [3.63, 3.8) is 0 Å². The molecule has 0 aromatic heterocycles. The highest BCUT2D eigenvalue weighted by Gasteiger charge is 2.19. The van der Waals surface area contributed by atoms with Crippen molar-refractivity contribution >= 4 is 11.4 Å². The van der Waals surface area contributed by atoms with E-state index in [1.807, 2.05) is 13.0 Å². The minimum atomic E-state index is -0.309. The lowest BCUT2D eigenvalue weighted by Crippen LogP contribution is -2.27. The molecule has 0 amide bonds. The van der Waals surface area contributed by atoms with Crippen molar-refractivity contribution in [3.05, 3.63) is 33.9 Å². The normalized spacial score (nSPS) is 20.0. The van der Waals surface area contributed by atoms with Crippen LogP contribution in [0.15, 0.2) is 18.2 Å². The highest BCUT2D eigenvalue weighted by molar-refractivity contribution is 5.60. The number of likely N-dealkylation sites (tertiary alicyclic amines) is 1. The standard InChI is InChI=1S/C16H25N3O2/c1-3-10-18-11-5-6-14(9-12-18)17-15-7-4-8-16(13(15)2)19(20)21/h4,7-8,14,17H,3,5-6,9-12H2,1-2H3. The van der Waals surface area contributed by atoms with E-state index in [0.717, 1.165) is 30.6 Å². The first-order valence-corrected chi connectivity index (χ1v) is 7.84. The molecule has 5 heteroatoms. The predicted octanol–water partition coefficient (Wildman–Crippen LogP) is 3.58. The lowest BCUT2D eigenvalue weighted by atomic mass is 10.1. The first-order chi connectivity index (χ1) is 10.1. The zero-order valence-corrected chi connectivity index (χ0v) is 13.0. The summed E-state index contributed by atoms with van der Waals surface area (Å²) in [6, 6.07) is 5.67. The van der Waals surface area contributed by atoms with E-state index >= 15 is 0 Å². The van der Waals surface area contributed by atoms with Crippen LogP contribution in [0.5, 0.6) is 0 Å². The summed E-state index contributed by atoms with van der Waals surface area (Å²) in [5.41, 5.74) is 1.83. The summed E-state index contributed by atoms with van der Waals surface area (Å²) in [7, 11) is 0. The molecule has 1 aromatic rings. The van der Waals surface area contributed by atoms with E-state index in [9.17, 15) is 10.1 Å². The maximum Gasteiger partial charge on any atom is 0.274 e. The minimum absolute atomic E-state index is 0.196. The Bertz CT molecular complexity index is 490. The molecule has 2 rings (SSSR count). The molecule has 1 aliphatic heterocycles. The van der Waals surface area contributed by atoms with Gasteiger partial charge in [-0.2, -0.15) is 0 Å². The second kappa shape index (κ2) is 7.41. The van der Waals surface area contributed by atoms with E-state index < -0.39 is 0 Å². The molecule has 1 aromatic carbocycles. The van der Waals surface area contributed by atoms with Crippen molar-refractivity contribution in [2.75, 3.05) is 25.0 Å². The van der Waals surface area contributed by atoms with Gasteiger partial charge in [0.25, 0.3) is 5.69 Å².